The summed E-state index contributed by atoms with van der Waals surface area (Å²) in [7, 11) is -3.06. The number of carbonyl (C=O) groups excluding carboxylic acids is 1. The van der Waals surface area contributed by atoms with Crippen molar-refractivity contribution in [3.63, 3.8) is 0 Å². The lowest BCUT2D eigenvalue weighted by Crippen LogP contribution is -2.47. The standard InChI is InChI=1S/C11H22N2O4S/c1-10(2,3)17-9(14)13-11(7-12)5-8(11)6-18(4,15)16/h8H,5-7,12H2,1-4H3,(H,13,14)/t8-,11-/m0/s1. The number of carbonyl (C=O) groups is 1. The normalized spacial score (nSPS) is 27.7. The second-order valence-electron chi connectivity index (χ2n) is 5.98. The van der Waals surface area contributed by atoms with Crippen molar-refractivity contribution in [1.82, 2.24) is 5.32 Å². The molecule has 0 aromatic carbocycles. The Balaban J connectivity index is 2.58. The maximum Gasteiger partial charge on any atom is 0.408 e. The van der Waals surface area contributed by atoms with Gasteiger partial charge in [0.05, 0.1) is 11.3 Å². The largest absolute Gasteiger partial charge is 0.444 e. The molecule has 0 heterocycles. The summed E-state index contributed by atoms with van der Waals surface area (Å²) >= 11 is 0. The van der Waals surface area contributed by atoms with E-state index >= 15 is 0 Å². The molecule has 3 N–H and O–H groups in total. The number of ether oxygens (including phenoxy) is 1. The fraction of sp³-hybridized carbons (Fsp3) is 0.909. The molecule has 0 radical (unpaired) electrons. The van der Waals surface area contributed by atoms with Gasteiger partial charge in [0, 0.05) is 12.8 Å². The molecule has 0 aromatic heterocycles. The van der Waals surface area contributed by atoms with E-state index in [1.807, 2.05) is 0 Å². The van der Waals surface area contributed by atoms with Gasteiger partial charge in [-0.15, -0.1) is 0 Å². The molecule has 1 amide bonds. The molecule has 1 aliphatic carbocycles. The number of sulfone groups is 1. The Bertz CT molecular complexity index is 427. The van der Waals surface area contributed by atoms with Crippen LogP contribution in [0.3, 0.4) is 0 Å². The van der Waals surface area contributed by atoms with Gasteiger partial charge in [-0.3, -0.25) is 0 Å². The molecule has 1 aliphatic rings. The van der Waals surface area contributed by atoms with E-state index in [0.717, 1.165) is 0 Å². The van der Waals surface area contributed by atoms with E-state index in [1.165, 1.54) is 6.26 Å². The predicted molar refractivity (Wildman–Crippen MR) is 69.0 cm³/mol. The summed E-state index contributed by atoms with van der Waals surface area (Å²) in [6.07, 6.45) is 1.21. The lowest BCUT2D eigenvalue weighted by atomic mass is 10.2. The van der Waals surface area contributed by atoms with E-state index in [1.54, 1.807) is 20.8 Å². The van der Waals surface area contributed by atoms with Gasteiger partial charge in [-0.25, -0.2) is 13.2 Å². The molecule has 2 atom stereocenters. The van der Waals surface area contributed by atoms with Gasteiger partial charge in [-0.05, 0) is 33.1 Å². The monoisotopic (exact) mass is 278 g/mol. The van der Waals surface area contributed by atoms with E-state index in [4.69, 9.17) is 10.5 Å². The van der Waals surface area contributed by atoms with Crippen molar-refractivity contribution in [3.05, 3.63) is 0 Å². The van der Waals surface area contributed by atoms with E-state index in [-0.39, 0.29) is 18.2 Å². The Labute approximate surface area is 108 Å². The van der Waals surface area contributed by atoms with Gasteiger partial charge in [-0.1, -0.05) is 0 Å². The highest BCUT2D eigenvalue weighted by molar-refractivity contribution is 7.90. The number of nitrogens with two attached hydrogens (primary N) is 1. The fourth-order valence-electron chi connectivity index (χ4n) is 1.93. The Morgan fingerprint density at radius 3 is 2.44 bits per heavy atom. The molecule has 0 aromatic rings. The van der Waals surface area contributed by atoms with Crippen LogP contribution >= 0.6 is 0 Å². The quantitative estimate of drug-likeness (QED) is 0.769. The molecule has 6 nitrogen and oxygen atoms in total. The van der Waals surface area contributed by atoms with Crippen LogP contribution in [-0.2, 0) is 14.6 Å². The van der Waals surface area contributed by atoms with E-state index in [9.17, 15) is 13.2 Å². The second-order valence-corrected chi connectivity index (χ2v) is 8.17. The van der Waals surface area contributed by atoms with Crippen LogP contribution < -0.4 is 11.1 Å². The minimum absolute atomic E-state index is 0.0417. The van der Waals surface area contributed by atoms with Gasteiger partial charge in [0.25, 0.3) is 0 Å². The van der Waals surface area contributed by atoms with Crippen LogP contribution in [0.2, 0.25) is 0 Å². The summed E-state index contributed by atoms with van der Waals surface area (Å²) in [6, 6.07) is 0. The number of rotatable bonds is 4. The van der Waals surface area contributed by atoms with Gasteiger partial charge in [0.2, 0.25) is 0 Å². The van der Waals surface area contributed by atoms with Gasteiger partial charge in [0.15, 0.2) is 0 Å². The highest BCUT2D eigenvalue weighted by Crippen LogP contribution is 2.43. The zero-order valence-corrected chi connectivity index (χ0v) is 12.1. The molecule has 1 fully saturated rings. The predicted octanol–water partition coefficient (Wildman–Crippen LogP) is 0.273. The zero-order valence-electron chi connectivity index (χ0n) is 11.3. The van der Waals surface area contributed by atoms with Crippen molar-refractivity contribution < 1.29 is 17.9 Å². The first-order chi connectivity index (χ1) is 7.97. The average Bonchev–Trinajstić information content (AvgIpc) is 2.72. The summed E-state index contributed by atoms with van der Waals surface area (Å²) in [4.78, 5) is 11.6. The number of alkyl carbamates (subject to hydrolysis) is 1. The number of hydrogen-bond acceptors (Lipinski definition) is 5. The molecule has 1 saturated carbocycles. The van der Waals surface area contributed by atoms with Crippen molar-refractivity contribution >= 4 is 15.9 Å². The van der Waals surface area contributed by atoms with Crippen molar-refractivity contribution in [2.75, 3.05) is 18.6 Å². The summed E-state index contributed by atoms with van der Waals surface area (Å²) in [6.45, 7) is 5.51. The number of amides is 1. The highest BCUT2D eigenvalue weighted by atomic mass is 32.2. The van der Waals surface area contributed by atoms with Crippen molar-refractivity contribution in [3.8, 4) is 0 Å². The van der Waals surface area contributed by atoms with Crippen molar-refractivity contribution in [1.29, 1.82) is 0 Å². The minimum Gasteiger partial charge on any atom is -0.444 e. The molecule has 18 heavy (non-hydrogen) atoms. The lowest BCUT2D eigenvalue weighted by molar-refractivity contribution is 0.0494. The highest BCUT2D eigenvalue weighted by Gasteiger charge is 2.55. The second kappa shape index (κ2) is 4.70. The Hall–Kier alpha value is -0.820. The molecule has 0 aliphatic heterocycles. The summed E-state index contributed by atoms with van der Waals surface area (Å²) in [5.41, 5.74) is 4.42. The fourth-order valence-corrected chi connectivity index (χ4v) is 3.09. The first-order valence-corrected chi connectivity index (χ1v) is 7.92. The topological polar surface area (TPSA) is 98.5 Å². The Morgan fingerprint density at radius 1 is 1.50 bits per heavy atom. The van der Waals surface area contributed by atoms with Gasteiger partial charge >= 0.3 is 6.09 Å². The van der Waals surface area contributed by atoms with Crippen LogP contribution in [0, 0.1) is 5.92 Å². The molecule has 0 spiro atoms. The first kappa shape index (κ1) is 15.2. The maximum atomic E-state index is 11.6. The van der Waals surface area contributed by atoms with Crippen LogP contribution in [0.5, 0.6) is 0 Å². The van der Waals surface area contributed by atoms with Crippen molar-refractivity contribution in [2.45, 2.75) is 38.3 Å². The first-order valence-electron chi connectivity index (χ1n) is 5.86. The third-order valence-electron chi connectivity index (χ3n) is 2.85. The third-order valence-corrected chi connectivity index (χ3v) is 3.86. The van der Waals surface area contributed by atoms with E-state index in [2.05, 4.69) is 5.32 Å². The zero-order chi connectivity index (χ0) is 14.2. The number of nitrogens with one attached hydrogen (secondary N) is 1. The van der Waals surface area contributed by atoms with Gasteiger partial charge in [0.1, 0.15) is 15.4 Å². The smallest absolute Gasteiger partial charge is 0.408 e. The van der Waals surface area contributed by atoms with Crippen LogP contribution in [0.25, 0.3) is 0 Å². The minimum atomic E-state index is -3.06. The SMILES string of the molecule is CC(C)(C)OC(=O)N[C@]1(CN)C[C@H]1CS(C)(=O)=O. The van der Waals surface area contributed by atoms with Crippen molar-refractivity contribution in [2.24, 2.45) is 11.7 Å². The van der Waals surface area contributed by atoms with Crippen LogP contribution in [0.15, 0.2) is 0 Å². The van der Waals surface area contributed by atoms with Gasteiger partial charge in [-0.2, -0.15) is 0 Å². The molecule has 0 bridgehead atoms. The van der Waals surface area contributed by atoms with Gasteiger partial charge < -0.3 is 15.8 Å². The van der Waals surface area contributed by atoms with Crippen LogP contribution in [-0.4, -0.2) is 44.2 Å². The Kier molecular flexibility index (Phi) is 3.97. The molecule has 7 heteroatoms. The Morgan fingerprint density at radius 2 is 2.06 bits per heavy atom. The summed E-state index contributed by atoms with van der Waals surface area (Å²) < 4.78 is 27.6. The van der Waals surface area contributed by atoms with E-state index in [0.29, 0.717) is 6.42 Å². The molecule has 0 saturated heterocycles. The van der Waals surface area contributed by atoms with Crippen LogP contribution in [0.1, 0.15) is 27.2 Å². The average molecular weight is 278 g/mol. The van der Waals surface area contributed by atoms with Crippen LogP contribution in [0.4, 0.5) is 4.79 Å². The molecule has 1 rings (SSSR count). The summed E-state index contributed by atoms with van der Waals surface area (Å²) in [5, 5.41) is 2.70. The molecule has 0 unspecified atom stereocenters. The molecular formula is C11H22N2O4S. The molecule has 106 valence electrons. The third kappa shape index (κ3) is 4.45. The number of hydrogen-bond donors (Lipinski definition) is 2. The lowest BCUT2D eigenvalue weighted by Gasteiger charge is -2.23. The molecular weight excluding hydrogens is 256 g/mol. The van der Waals surface area contributed by atoms with E-state index < -0.39 is 27.1 Å². The maximum absolute atomic E-state index is 11.6. The summed E-state index contributed by atoms with van der Waals surface area (Å²) in [5.74, 6) is -0.0787.